The minimum Gasteiger partial charge on any atom is -0.385 e. The molecule has 0 aromatic carbocycles. The van der Waals surface area contributed by atoms with Crippen LogP contribution < -0.4 is 10.2 Å². The van der Waals surface area contributed by atoms with Crippen molar-refractivity contribution in [3.05, 3.63) is 18.5 Å². The van der Waals surface area contributed by atoms with E-state index in [0.717, 1.165) is 0 Å². The van der Waals surface area contributed by atoms with Crippen LogP contribution in [0.1, 0.15) is 13.3 Å². The lowest BCUT2D eigenvalue weighted by molar-refractivity contribution is -0.121. The van der Waals surface area contributed by atoms with E-state index >= 15 is 0 Å². The maximum Gasteiger partial charge on any atom is 0.239 e. The highest BCUT2D eigenvalue weighted by atomic mass is 16.5. The molecule has 110 valence electrons. The number of hydrogen-bond acceptors (Lipinski definition) is 6. The minimum absolute atomic E-state index is 0.134. The highest BCUT2D eigenvalue weighted by molar-refractivity contribution is 5.80. The summed E-state index contributed by atoms with van der Waals surface area (Å²) in [5, 5.41) is 13.0. The van der Waals surface area contributed by atoms with Gasteiger partial charge in [-0.3, -0.25) is 4.79 Å². The number of nitrogens with one attached hydrogen (secondary N) is 1. The highest BCUT2D eigenvalue weighted by Crippen LogP contribution is 2.24. The largest absolute Gasteiger partial charge is 0.385 e. The van der Waals surface area contributed by atoms with Crippen molar-refractivity contribution in [2.75, 3.05) is 31.6 Å². The van der Waals surface area contributed by atoms with E-state index in [0.29, 0.717) is 19.0 Å². The van der Waals surface area contributed by atoms with Crippen LogP contribution >= 0.6 is 0 Å². The fourth-order valence-corrected chi connectivity index (χ4v) is 2.08. The third kappa shape index (κ3) is 3.43. The van der Waals surface area contributed by atoms with E-state index in [-0.39, 0.29) is 25.1 Å². The lowest BCUT2D eigenvalue weighted by Gasteiger charge is -2.26. The molecular weight excluding hydrogens is 260 g/mol. The molecule has 2 rings (SSSR count). The molecule has 1 fully saturated rings. The number of amides is 1. The summed E-state index contributed by atoms with van der Waals surface area (Å²) in [4.78, 5) is 21.6. The monoisotopic (exact) mass is 280 g/mol. The Kier molecular flexibility index (Phi) is 4.51. The molecule has 0 saturated carbocycles. The van der Waals surface area contributed by atoms with Crippen LogP contribution in [0.5, 0.6) is 0 Å². The molecule has 0 aliphatic carbocycles. The van der Waals surface area contributed by atoms with E-state index in [4.69, 9.17) is 4.74 Å². The minimum atomic E-state index is -0.975. The standard InChI is InChI=1S/C13H20N4O3/c1-10-13(19,4-7-20-10)9-16-11(18)8-17(2)12-14-5-3-6-15-12/h3,5-6,10,19H,4,7-9H2,1-2H3,(H,16,18). The van der Waals surface area contributed by atoms with E-state index in [1.807, 2.05) is 6.92 Å². The van der Waals surface area contributed by atoms with E-state index in [9.17, 15) is 9.90 Å². The Morgan fingerprint density at radius 2 is 2.30 bits per heavy atom. The van der Waals surface area contributed by atoms with Crippen molar-refractivity contribution >= 4 is 11.9 Å². The second-order valence-corrected chi connectivity index (χ2v) is 5.05. The van der Waals surface area contributed by atoms with E-state index < -0.39 is 5.60 Å². The zero-order valence-electron chi connectivity index (χ0n) is 11.7. The number of anilines is 1. The summed E-state index contributed by atoms with van der Waals surface area (Å²) in [6.07, 6.45) is 3.51. The summed E-state index contributed by atoms with van der Waals surface area (Å²) in [6.45, 7) is 2.65. The van der Waals surface area contributed by atoms with E-state index in [2.05, 4.69) is 15.3 Å². The number of carbonyl (C=O) groups is 1. The number of hydrogen-bond donors (Lipinski definition) is 2. The van der Waals surface area contributed by atoms with Gasteiger partial charge in [0.1, 0.15) is 5.60 Å². The summed E-state index contributed by atoms with van der Waals surface area (Å²) in [5.74, 6) is 0.298. The number of ether oxygens (including phenoxy) is 1. The predicted octanol–water partition coefficient (Wildman–Crippen LogP) is -0.431. The van der Waals surface area contributed by atoms with Crippen LogP contribution in [0.15, 0.2) is 18.5 Å². The topological polar surface area (TPSA) is 87.6 Å². The van der Waals surface area contributed by atoms with Crippen molar-refractivity contribution in [3.8, 4) is 0 Å². The SMILES string of the molecule is CC1OCCC1(O)CNC(=O)CN(C)c1ncccn1. The van der Waals surface area contributed by atoms with Crippen LogP contribution in [-0.2, 0) is 9.53 Å². The molecule has 1 saturated heterocycles. The predicted molar refractivity (Wildman–Crippen MR) is 73.3 cm³/mol. The Balaban J connectivity index is 1.81. The van der Waals surface area contributed by atoms with Crippen LogP contribution in [0.2, 0.25) is 0 Å². The number of nitrogens with zero attached hydrogens (tertiary/aromatic N) is 3. The van der Waals surface area contributed by atoms with Gasteiger partial charge in [-0.15, -0.1) is 0 Å². The van der Waals surface area contributed by atoms with Crippen molar-refractivity contribution < 1.29 is 14.6 Å². The van der Waals surface area contributed by atoms with Crippen LogP contribution in [0.4, 0.5) is 5.95 Å². The third-order valence-electron chi connectivity index (χ3n) is 3.53. The first-order chi connectivity index (χ1) is 9.51. The second kappa shape index (κ2) is 6.15. The van der Waals surface area contributed by atoms with Crippen molar-refractivity contribution in [3.63, 3.8) is 0 Å². The van der Waals surface area contributed by atoms with Gasteiger partial charge in [0, 0.05) is 39.0 Å². The normalized spacial score (nSPS) is 25.4. The number of carbonyl (C=O) groups excluding carboxylic acids is 1. The lowest BCUT2D eigenvalue weighted by Crippen LogP contribution is -2.49. The maximum atomic E-state index is 11.9. The van der Waals surface area contributed by atoms with Gasteiger partial charge in [0.25, 0.3) is 0 Å². The van der Waals surface area contributed by atoms with Crippen LogP contribution in [-0.4, -0.2) is 59.4 Å². The summed E-state index contributed by atoms with van der Waals surface area (Å²) in [7, 11) is 1.74. The number of aliphatic hydroxyl groups is 1. The lowest BCUT2D eigenvalue weighted by atomic mass is 9.97. The molecular formula is C13H20N4O3. The molecule has 0 bridgehead atoms. The van der Waals surface area contributed by atoms with Crippen molar-refractivity contribution in [2.24, 2.45) is 0 Å². The van der Waals surface area contributed by atoms with Crippen molar-refractivity contribution in [2.45, 2.75) is 25.0 Å². The third-order valence-corrected chi connectivity index (χ3v) is 3.53. The Bertz CT molecular complexity index is 456. The van der Waals surface area contributed by atoms with Gasteiger partial charge in [-0.25, -0.2) is 9.97 Å². The van der Waals surface area contributed by atoms with Crippen LogP contribution in [0.25, 0.3) is 0 Å². The molecule has 7 nitrogen and oxygen atoms in total. The molecule has 7 heteroatoms. The van der Waals surface area contributed by atoms with E-state index in [1.54, 1.807) is 30.4 Å². The Hall–Kier alpha value is -1.73. The molecule has 2 atom stereocenters. The van der Waals surface area contributed by atoms with Gasteiger partial charge in [-0.2, -0.15) is 0 Å². The zero-order valence-corrected chi connectivity index (χ0v) is 11.7. The molecule has 20 heavy (non-hydrogen) atoms. The Labute approximate surface area is 118 Å². The maximum absolute atomic E-state index is 11.9. The highest BCUT2D eigenvalue weighted by Gasteiger charge is 2.39. The second-order valence-electron chi connectivity index (χ2n) is 5.05. The summed E-state index contributed by atoms with van der Waals surface area (Å²) in [6, 6.07) is 1.72. The molecule has 2 N–H and O–H groups in total. The van der Waals surface area contributed by atoms with Crippen molar-refractivity contribution in [1.29, 1.82) is 0 Å². The molecule has 2 unspecified atom stereocenters. The number of aromatic nitrogens is 2. The first-order valence-electron chi connectivity index (χ1n) is 6.60. The first-order valence-corrected chi connectivity index (χ1v) is 6.60. The van der Waals surface area contributed by atoms with Gasteiger partial charge in [0.05, 0.1) is 12.6 Å². The quantitative estimate of drug-likeness (QED) is 0.761. The zero-order chi connectivity index (χ0) is 14.6. The van der Waals surface area contributed by atoms with Gasteiger partial charge in [0.2, 0.25) is 11.9 Å². The number of rotatable bonds is 5. The van der Waals surface area contributed by atoms with Gasteiger partial charge in [-0.1, -0.05) is 0 Å². The molecule has 1 amide bonds. The fourth-order valence-electron chi connectivity index (χ4n) is 2.08. The molecule has 0 spiro atoms. The molecule has 0 radical (unpaired) electrons. The summed E-state index contributed by atoms with van der Waals surface area (Å²) >= 11 is 0. The molecule has 2 heterocycles. The van der Waals surface area contributed by atoms with Gasteiger partial charge >= 0.3 is 0 Å². The molecule has 1 aliphatic rings. The van der Waals surface area contributed by atoms with E-state index in [1.165, 1.54) is 0 Å². The summed E-state index contributed by atoms with van der Waals surface area (Å²) < 4.78 is 5.32. The van der Waals surface area contributed by atoms with Gasteiger partial charge in [0.15, 0.2) is 0 Å². The van der Waals surface area contributed by atoms with Gasteiger partial charge in [-0.05, 0) is 13.0 Å². The average molecular weight is 280 g/mol. The van der Waals surface area contributed by atoms with Crippen molar-refractivity contribution in [1.82, 2.24) is 15.3 Å². The molecule has 1 aliphatic heterocycles. The van der Waals surface area contributed by atoms with Crippen LogP contribution in [0, 0.1) is 0 Å². The Morgan fingerprint density at radius 1 is 1.60 bits per heavy atom. The Morgan fingerprint density at radius 3 is 2.90 bits per heavy atom. The average Bonchev–Trinajstić information content (AvgIpc) is 2.78. The summed E-state index contributed by atoms with van der Waals surface area (Å²) in [5.41, 5.74) is -0.975. The smallest absolute Gasteiger partial charge is 0.239 e. The molecule has 1 aromatic rings. The number of likely N-dealkylation sites (N-methyl/N-ethyl adjacent to an activating group) is 1. The molecule has 1 aromatic heterocycles. The van der Waals surface area contributed by atoms with Gasteiger partial charge < -0.3 is 20.1 Å². The first kappa shape index (κ1) is 14.7. The fraction of sp³-hybridized carbons (Fsp3) is 0.615. The van der Waals surface area contributed by atoms with Crippen LogP contribution in [0.3, 0.4) is 0 Å².